The van der Waals surface area contributed by atoms with E-state index < -0.39 is 0 Å². The maximum atomic E-state index is 13.1. The normalized spacial score (nSPS) is 13.9. The molecule has 0 unspecified atom stereocenters. The lowest BCUT2D eigenvalue weighted by Crippen LogP contribution is -2.28. The quantitative estimate of drug-likeness (QED) is 0.0490. The summed E-state index contributed by atoms with van der Waals surface area (Å²) in [6.07, 6.45) is 41.1. The van der Waals surface area contributed by atoms with Gasteiger partial charge < -0.3 is 19.5 Å². The zero-order valence-corrected chi connectivity index (χ0v) is 38.4. The molecule has 0 amide bonds. The van der Waals surface area contributed by atoms with Crippen molar-refractivity contribution in [2.24, 2.45) is 10.8 Å². The topological polar surface area (TPSA) is 76.1 Å². The minimum atomic E-state index is -0.0263. The molecule has 0 bridgehead atoms. The summed E-state index contributed by atoms with van der Waals surface area (Å²) in [7, 11) is 0. The molecule has 0 heterocycles. The Labute approximate surface area is 349 Å². The fourth-order valence-corrected chi connectivity index (χ4v) is 8.36. The van der Waals surface area contributed by atoms with Crippen molar-refractivity contribution in [2.75, 3.05) is 32.8 Å². The molecule has 0 saturated heterocycles. The molecule has 56 heavy (non-hydrogen) atoms. The van der Waals surface area contributed by atoms with E-state index in [-0.39, 0.29) is 30.1 Å². The number of aliphatic hydroxyl groups is 1. The number of unbranched alkanes of at least 4 members (excludes halogenated alkanes) is 20. The highest BCUT2D eigenvalue weighted by molar-refractivity contribution is 5.69. The van der Waals surface area contributed by atoms with Gasteiger partial charge in [0.2, 0.25) is 0 Å². The molecule has 6 nitrogen and oxygen atoms in total. The monoisotopic (exact) mass is 792 g/mol. The second-order valence-electron chi connectivity index (χ2n) is 19.0. The van der Waals surface area contributed by atoms with Gasteiger partial charge in [-0.1, -0.05) is 157 Å². The molecule has 0 spiro atoms. The maximum absolute atomic E-state index is 13.1. The predicted molar refractivity (Wildman–Crippen MR) is 239 cm³/mol. The summed E-state index contributed by atoms with van der Waals surface area (Å²) < 4.78 is 11.9. The third-order valence-electron chi connectivity index (χ3n) is 12.6. The van der Waals surface area contributed by atoms with Crippen LogP contribution in [0.2, 0.25) is 0 Å². The summed E-state index contributed by atoms with van der Waals surface area (Å²) in [6.45, 7) is 15.4. The van der Waals surface area contributed by atoms with Gasteiger partial charge >= 0.3 is 11.9 Å². The van der Waals surface area contributed by atoms with Crippen molar-refractivity contribution in [1.82, 2.24) is 4.90 Å². The van der Waals surface area contributed by atoms with Crippen molar-refractivity contribution >= 4 is 11.9 Å². The van der Waals surface area contributed by atoms with E-state index in [1.165, 1.54) is 154 Å². The maximum Gasteiger partial charge on any atom is 0.306 e. The minimum Gasteiger partial charge on any atom is -0.465 e. The Morgan fingerprint density at radius 2 is 1.05 bits per heavy atom. The number of ether oxygens (including phenoxy) is 2. The molecule has 1 aliphatic carbocycles. The van der Waals surface area contributed by atoms with Crippen LogP contribution in [0.25, 0.3) is 0 Å². The van der Waals surface area contributed by atoms with Crippen LogP contribution in [0.1, 0.15) is 259 Å². The molecule has 0 aromatic carbocycles. The summed E-state index contributed by atoms with van der Waals surface area (Å²) in [6, 6.07) is 0. The zero-order chi connectivity index (χ0) is 41.0. The fraction of sp³-hybridized carbons (Fsp3) is 0.960. The number of carbonyl (C=O) groups is 2. The van der Waals surface area contributed by atoms with Crippen molar-refractivity contribution in [3.63, 3.8) is 0 Å². The van der Waals surface area contributed by atoms with Crippen molar-refractivity contribution in [2.45, 2.75) is 265 Å². The lowest BCUT2D eigenvalue weighted by atomic mass is 9.88. The van der Waals surface area contributed by atoms with E-state index in [0.717, 1.165) is 77.4 Å². The molecule has 6 heteroatoms. The number of carbonyl (C=O) groups excluding carboxylic acids is 2. The van der Waals surface area contributed by atoms with E-state index >= 15 is 0 Å². The highest BCUT2D eigenvalue weighted by Gasteiger charge is 2.41. The molecule has 1 fully saturated rings. The number of hydrogen-bond acceptors (Lipinski definition) is 6. The van der Waals surface area contributed by atoms with Gasteiger partial charge in [-0.25, -0.2) is 0 Å². The SMILES string of the molecule is CCCCCCCCCC(=O)OCC(C)(C)CCCCCN(CCCCO)CCCCC1(CCC(=O)OC(CCCCCCCC)CCCCCCCC)CC1. The van der Waals surface area contributed by atoms with Gasteiger partial charge in [0, 0.05) is 19.4 Å². The molecule has 0 atom stereocenters. The Balaban J connectivity index is 2.34. The molecular formula is C50H97NO5. The number of nitrogens with zero attached hydrogens (tertiary/aromatic N) is 1. The third kappa shape index (κ3) is 31.8. The first kappa shape index (κ1) is 52.9. The molecule has 0 aliphatic heterocycles. The highest BCUT2D eigenvalue weighted by Crippen LogP contribution is 2.53. The van der Waals surface area contributed by atoms with Crippen LogP contribution in [-0.2, 0) is 19.1 Å². The second kappa shape index (κ2) is 35.8. The van der Waals surface area contributed by atoms with Gasteiger partial charge in [-0.2, -0.15) is 0 Å². The van der Waals surface area contributed by atoms with E-state index in [0.29, 0.717) is 24.9 Å². The van der Waals surface area contributed by atoms with Gasteiger partial charge in [-0.3, -0.25) is 9.59 Å². The van der Waals surface area contributed by atoms with Gasteiger partial charge in [-0.05, 0) is 120 Å². The van der Waals surface area contributed by atoms with Crippen LogP contribution in [0.3, 0.4) is 0 Å². The van der Waals surface area contributed by atoms with Crippen LogP contribution < -0.4 is 0 Å². The second-order valence-corrected chi connectivity index (χ2v) is 19.0. The zero-order valence-electron chi connectivity index (χ0n) is 38.4. The molecule has 0 aromatic rings. The Bertz CT molecular complexity index is 886. The molecule has 1 rings (SSSR count). The number of aliphatic hydroxyl groups excluding tert-OH is 1. The van der Waals surface area contributed by atoms with E-state index in [1.807, 2.05) is 0 Å². The van der Waals surface area contributed by atoms with E-state index in [2.05, 4.69) is 39.5 Å². The molecular weight excluding hydrogens is 695 g/mol. The lowest BCUT2D eigenvalue weighted by Gasteiger charge is -2.25. The Kier molecular flexibility index (Phi) is 33.8. The molecule has 0 aromatic heterocycles. The van der Waals surface area contributed by atoms with Crippen LogP contribution in [0.15, 0.2) is 0 Å². The fourth-order valence-electron chi connectivity index (χ4n) is 8.36. The van der Waals surface area contributed by atoms with Crippen LogP contribution in [0, 0.1) is 10.8 Å². The lowest BCUT2D eigenvalue weighted by molar-refractivity contribution is -0.150. The average molecular weight is 792 g/mol. The van der Waals surface area contributed by atoms with Gasteiger partial charge in [-0.15, -0.1) is 0 Å². The summed E-state index contributed by atoms with van der Waals surface area (Å²) in [5, 5.41) is 9.38. The summed E-state index contributed by atoms with van der Waals surface area (Å²) >= 11 is 0. The molecule has 1 saturated carbocycles. The minimum absolute atomic E-state index is 0.0228. The van der Waals surface area contributed by atoms with Crippen molar-refractivity contribution in [1.29, 1.82) is 0 Å². The number of rotatable bonds is 43. The van der Waals surface area contributed by atoms with E-state index in [4.69, 9.17) is 9.47 Å². The van der Waals surface area contributed by atoms with Gasteiger partial charge in [0.1, 0.15) is 6.10 Å². The standard InChI is InChI=1S/C50H97NO5/c1-6-9-12-15-18-21-25-34-47(53)55-45-49(4,5)36-26-22-28-41-51(43-30-31-44-52)42-29-27-37-50(39-40-50)38-35-48(54)56-46(32-23-19-16-13-10-7-2)33-24-20-17-14-11-8-3/h46,52H,6-45H2,1-5H3. The van der Waals surface area contributed by atoms with Crippen LogP contribution in [-0.4, -0.2) is 60.9 Å². The van der Waals surface area contributed by atoms with Crippen LogP contribution in [0.5, 0.6) is 0 Å². The number of hydrogen-bond donors (Lipinski definition) is 1. The first-order chi connectivity index (χ1) is 27.2. The van der Waals surface area contributed by atoms with Crippen molar-refractivity contribution in [3.05, 3.63) is 0 Å². The van der Waals surface area contributed by atoms with Crippen molar-refractivity contribution < 1.29 is 24.2 Å². The average Bonchev–Trinajstić information content (AvgIpc) is 3.96. The van der Waals surface area contributed by atoms with E-state index in [1.54, 1.807) is 0 Å². The molecule has 332 valence electrons. The number of esters is 2. The largest absolute Gasteiger partial charge is 0.465 e. The Hall–Kier alpha value is -1.14. The predicted octanol–water partition coefficient (Wildman–Crippen LogP) is 14.5. The summed E-state index contributed by atoms with van der Waals surface area (Å²) in [5.74, 6) is 0.0260. The van der Waals surface area contributed by atoms with Crippen LogP contribution in [0.4, 0.5) is 0 Å². The first-order valence-corrected chi connectivity index (χ1v) is 24.9. The Morgan fingerprint density at radius 1 is 0.571 bits per heavy atom. The third-order valence-corrected chi connectivity index (χ3v) is 12.6. The highest BCUT2D eigenvalue weighted by atomic mass is 16.5. The molecule has 1 N–H and O–H groups in total. The summed E-state index contributed by atoms with van der Waals surface area (Å²) in [5.41, 5.74) is 0.402. The molecule has 1 aliphatic rings. The van der Waals surface area contributed by atoms with Gasteiger partial charge in [0.05, 0.1) is 6.61 Å². The van der Waals surface area contributed by atoms with Crippen LogP contribution >= 0.6 is 0 Å². The molecule has 0 radical (unpaired) electrons. The summed E-state index contributed by atoms with van der Waals surface area (Å²) in [4.78, 5) is 28.0. The van der Waals surface area contributed by atoms with Gasteiger partial charge in [0.15, 0.2) is 0 Å². The first-order valence-electron chi connectivity index (χ1n) is 24.9. The van der Waals surface area contributed by atoms with Gasteiger partial charge in [0.25, 0.3) is 0 Å². The Morgan fingerprint density at radius 3 is 1.59 bits per heavy atom. The smallest absolute Gasteiger partial charge is 0.306 e. The van der Waals surface area contributed by atoms with Crippen molar-refractivity contribution in [3.8, 4) is 0 Å². The van der Waals surface area contributed by atoms with E-state index in [9.17, 15) is 14.7 Å².